The Morgan fingerprint density at radius 2 is 2.03 bits per heavy atom. The highest BCUT2D eigenvalue weighted by atomic mass is 19.1. The zero-order valence-electron chi connectivity index (χ0n) is 22.1. The Kier molecular flexibility index (Phi) is 6.76. The van der Waals surface area contributed by atoms with Gasteiger partial charge in [0, 0.05) is 24.6 Å². The number of pyridine rings is 1. The molecule has 1 aliphatic carbocycles. The van der Waals surface area contributed by atoms with Gasteiger partial charge in [-0.1, -0.05) is 25.0 Å². The van der Waals surface area contributed by atoms with Crippen molar-refractivity contribution in [2.24, 2.45) is 11.8 Å². The van der Waals surface area contributed by atoms with Crippen LogP contribution in [0.5, 0.6) is 5.88 Å². The average Bonchev–Trinajstić information content (AvgIpc) is 3.40. The van der Waals surface area contributed by atoms with Gasteiger partial charge in [-0.2, -0.15) is 0 Å². The standard InChI is InChI=1S/C28H32FN7O3/c1-16-14-35(15-24-32-33-26(36(16)24)22-8-5-9-25(30-22)39-2)28(38)20-12-17(10-11-21(20)29)13-23-18-6-3-4-7-19(18)27(37)34-31-23/h5,8-12,16,18-19,23,31H,3-4,6-7,13-15H2,1-2H3,(H,34,37). The van der Waals surface area contributed by atoms with Gasteiger partial charge < -0.3 is 14.2 Å². The predicted molar refractivity (Wildman–Crippen MR) is 140 cm³/mol. The van der Waals surface area contributed by atoms with Gasteiger partial charge in [0.15, 0.2) is 11.6 Å². The first-order valence-corrected chi connectivity index (χ1v) is 13.5. The van der Waals surface area contributed by atoms with Gasteiger partial charge in [0.25, 0.3) is 5.91 Å². The summed E-state index contributed by atoms with van der Waals surface area (Å²) in [6, 6.07) is 10.1. The average molecular weight is 534 g/mol. The molecular formula is C28H32FN7O3. The highest BCUT2D eigenvalue weighted by Crippen LogP contribution is 2.35. The molecule has 4 atom stereocenters. The maximum absolute atomic E-state index is 15.0. The van der Waals surface area contributed by atoms with Crippen LogP contribution in [0.2, 0.25) is 0 Å². The number of methoxy groups -OCH3 is 1. The SMILES string of the molecule is COc1cccc(-c2nnc3n2C(C)CN(C(=O)c2cc(CC4NNC(=O)C5CCCCC45)ccc2F)C3)n1. The minimum Gasteiger partial charge on any atom is -0.481 e. The van der Waals surface area contributed by atoms with E-state index in [1.807, 2.05) is 23.6 Å². The van der Waals surface area contributed by atoms with E-state index in [1.54, 1.807) is 30.2 Å². The maximum Gasteiger partial charge on any atom is 0.257 e. The molecule has 2 N–H and O–H groups in total. The van der Waals surface area contributed by atoms with Crippen molar-refractivity contribution in [3.05, 3.63) is 59.2 Å². The highest BCUT2D eigenvalue weighted by molar-refractivity contribution is 5.94. The second-order valence-electron chi connectivity index (χ2n) is 10.7. The fourth-order valence-electron chi connectivity index (χ4n) is 6.33. The first kappa shape index (κ1) is 25.4. The summed E-state index contributed by atoms with van der Waals surface area (Å²) in [4.78, 5) is 32.0. The molecule has 1 saturated carbocycles. The zero-order chi connectivity index (χ0) is 27.1. The molecule has 11 heteroatoms. The van der Waals surface area contributed by atoms with E-state index in [4.69, 9.17) is 4.74 Å². The Bertz CT molecular complexity index is 1410. The molecule has 0 radical (unpaired) electrons. The second kappa shape index (κ2) is 10.4. The number of carbonyl (C=O) groups excluding carboxylic acids is 2. The molecule has 204 valence electrons. The van der Waals surface area contributed by atoms with Gasteiger partial charge in [-0.25, -0.2) is 14.8 Å². The number of amides is 2. The molecule has 3 aromatic rings. The molecule has 0 spiro atoms. The number of ether oxygens (including phenoxy) is 1. The molecule has 1 saturated heterocycles. The van der Waals surface area contributed by atoms with Crippen LogP contribution in [0.15, 0.2) is 36.4 Å². The number of nitrogens with one attached hydrogen (secondary N) is 2. The number of halogens is 1. The first-order chi connectivity index (χ1) is 18.9. The number of fused-ring (bicyclic) bond motifs is 2. The molecule has 4 heterocycles. The highest BCUT2D eigenvalue weighted by Gasteiger charge is 2.40. The van der Waals surface area contributed by atoms with E-state index in [1.165, 1.54) is 6.07 Å². The third kappa shape index (κ3) is 4.75. The third-order valence-electron chi connectivity index (χ3n) is 8.24. The number of rotatable bonds is 5. The Morgan fingerprint density at radius 3 is 2.87 bits per heavy atom. The van der Waals surface area contributed by atoms with E-state index in [0.717, 1.165) is 31.2 Å². The smallest absolute Gasteiger partial charge is 0.257 e. The number of benzene rings is 1. The summed E-state index contributed by atoms with van der Waals surface area (Å²) < 4.78 is 22.2. The molecule has 2 aromatic heterocycles. The monoisotopic (exact) mass is 533 g/mol. The van der Waals surface area contributed by atoms with Crippen LogP contribution in [0.3, 0.4) is 0 Å². The normalized spacial score (nSPS) is 24.5. The number of hydrogen-bond donors (Lipinski definition) is 2. The molecule has 4 unspecified atom stereocenters. The van der Waals surface area contributed by atoms with Crippen molar-refractivity contribution < 1.29 is 18.7 Å². The van der Waals surface area contributed by atoms with Crippen LogP contribution in [-0.2, 0) is 17.8 Å². The Hall–Kier alpha value is -3.86. The second-order valence-corrected chi connectivity index (χ2v) is 10.7. The number of nitrogens with zero attached hydrogens (tertiary/aromatic N) is 5. The van der Waals surface area contributed by atoms with E-state index in [0.29, 0.717) is 36.2 Å². The number of hydrazine groups is 1. The lowest BCUT2D eigenvalue weighted by molar-refractivity contribution is -0.133. The lowest BCUT2D eigenvalue weighted by atomic mass is 9.72. The van der Waals surface area contributed by atoms with Gasteiger partial charge >= 0.3 is 0 Å². The van der Waals surface area contributed by atoms with Gasteiger partial charge in [-0.05, 0) is 55.9 Å². The number of hydrogen-bond acceptors (Lipinski definition) is 7. The molecule has 39 heavy (non-hydrogen) atoms. The van der Waals surface area contributed by atoms with Crippen molar-refractivity contribution in [1.82, 2.24) is 35.5 Å². The molecular weight excluding hydrogens is 501 g/mol. The summed E-state index contributed by atoms with van der Waals surface area (Å²) in [6.07, 6.45) is 4.66. The van der Waals surface area contributed by atoms with Crippen LogP contribution in [0.4, 0.5) is 4.39 Å². The van der Waals surface area contributed by atoms with Crippen LogP contribution in [0, 0.1) is 17.7 Å². The van der Waals surface area contributed by atoms with Crippen molar-refractivity contribution >= 4 is 11.8 Å². The zero-order valence-corrected chi connectivity index (χ0v) is 22.1. The quantitative estimate of drug-likeness (QED) is 0.518. The maximum atomic E-state index is 15.0. The minimum atomic E-state index is -0.551. The molecule has 2 amide bonds. The Labute approximate surface area is 225 Å². The summed E-state index contributed by atoms with van der Waals surface area (Å²) in [5.41, 5.74) is 7.52. The predicted octanol–water partition coefficient (Wildman–Crippen LogP) is 3.06. The van der Waals surface area contributed by atoms with Crippen molar-refractivity contribution in [1.29, 1.82) is 0 Å². The molecule has 3 aliphatic rings. The van der Waals surface area contributed by atoms with Crippen molar-refractivity contribution in [2.45, 2.75) is 57.7 Å². The molecule has 2 aliphatic heterocycles. The summed E-state index contributed by atoms with van der Waals surface area (Å²) in [5, 5.41) is 8.67. The molecule has 6 rings (SSSR count). The van der Waals surface area contributed by atoms with Gasteiger partial charge in [0.05, 0.1) is 25.3 Å². The van der Waals surface area contributed by atoms with Crippen LogP contribution < -0.4 is 15.6 Å². The van der Waals surface area contributed by atoms with E-state index >= 15 is 0 Å². The summed E-state index contributed by atoms with van der Waals surface area (Å²) in [5.74, 6) is 1.07. The summed E-state index contributed by atoms with van der Waals surface area (Å²) in [6.45, 7) is 2.57. The topological polar surface area (TPSA) is 114 Å². The van der Waals surface area contributed by atoms with Gasteiger partial charge in [0.1, 0.15) is 11.5 Å². The Balaban J connectivity index is 1.21. The Morgan fingerprint density at radius 1 is 1.18 bits per heavy atom. The van der Waals surface area contributed by atoms with Gasteiger partial charge in [-0.3, -0.25) is 15.0 Å². The molecule has 10 nitrogen and oxygen atoms in total. The molecule has 1 aromatic carbocycles. The largest absolute Gasteiger partial charge is 0.481 e. The number of carbonyl (C=O) groups is 2. The van der Waals surface area contributed by atoms with Crippen molar-refractivity contribution in [2.75, 3.05) is 13.7 Å². The summed E-state index contributed by atoms with van der Waals surface area (Å²) in [7, 11) is 1.56. The lowest BCUT2D eigenvalue weighted by Crippen LogP contribution is -2.60. The fraction of sp³-hybridized carbons (Fsp3) is 0.464. The van der Waals surface area contributed by atoms with Crippen LogP contribution in [-0.4, -0.2) is 56.2 Å². The number of aromatic nitrogens is 4. The van der Waals surface area contributed by atoms with Crippen molar-refractivity contribution in [3.8, 4) is 17.4 Å². The fourth-order valence-corrected chi connectivity index (χ4v) is 6.33. The first-order valence-electron chi connectivity index (χ1n) is 13.5. The lowest BCUT2D eigenvalue weighted by Gasteiger charge is -2.41. The van der Waals surface area contributed by atoms with E-state index in [9.17, 15) is 14.0 Å². The van der Waals surface area contributed by atoms with Gasteiger partial charge in [0.2, 0.25) is 11.8 Å². The van der Waals surface area contributed by atoms with Crippen molar-refractivity contribution in [3.63, 3.8) is 0 Å². The van der Waals surface area contributed by atoms with E-state index in [2.05, 4.69) is 26.0 Å². The molecule has 2 fully saturated rings. The minimum absolute atomic E-state index is 0.0100. The van der Waals surface area contributed by atoms with Crippen LogP contribution >= 0.6 is 0 Å². The summed E-state index contributed by atoms with van der Waals surface area (Å²) >= 11 is 0. The van der Waals surface area contributed by atoms with Crippen LogP contribution in [0.1, 0.15) is 60.4 Å². The van der Waals surface area contributed by atoms with E-state index in [-0.39, 0.29) is 47.8 Å². The van der Waals surface area contributed by atoms with E-state index < -0.39 is 5.82 Å². The third-order valence-corrected chi connectivity index (χ3v) is 8.24. The van der Waals surface area contributed by atoms with Gasteiger partial charge in [-0.15, -0.1) is 10.2 Å². The molecule has 0 bridgehead atoms. The van der Waals surface area contributed by atoms with Crippen LogP contribution in [0.25, 0.3) is 11.5 Å².